The minimum absolute atomic E-state index is 0.132. The van der Waals surface area contributed by atoms with Gasteiger partial charge in [0, 0.05) is 5.22 Å². The van der Waals surface area contributed by atoms with Crippen LogP contribution in [-0.4, -0.2) is 21.6 Å². The summed E-state index contributed by atoms with van der Waals surface area (Å²) in [7, 11) is -2.62. The van der Waals surface area contributed by atoms with Gasteiger partial charge in [-0.3, -0.25) is 0 Å². The zero-order valence-corrected chi connectivity index (χ0v) is 13.3. The van der Waals surface area contributed by atoms with Crippen molar-refractivity contribution in [3.63, 3.8) is 0 Å². The van der Waals surface area contributed by atoms with E-state index in [1.54, 1.807) is 0 Å². The maximum Gasteiger partial charge on any atom is 0.186 e. The summed E-state index contributed by atoms with van der Waals surface area (Å²) >= 11 is 0. The molecule has 0 atom stereocenters. The van der Waals surface area contributed by atoms with E-state index < -0.39 is 16.4 Å². The summed E-state index contributed by atoms with van der Waals surface area (Å²) in [5.74, 6) is 0. The highest BCUT2D eigenvalue weighted by Gasteiger charge is 2.41. The van der Waals surface area contributed by atoms with Crippen molar-refractivity contribution in [1.29, 1.82) is 0 Å². The normalized spacial score (nSPS) is 14.6. The Balaban J connectivity index is 4.64. The summed E-state index contributed by atoms with van der Waals surface area (Å²) in [6.45, 7) is 18.7. The molecule has 0 N–H and O–H groups in total. The smallest absolute Gasteiger partial charge is 0.186 e. The van der Waals surface area contributed by atoms with Crippen LogP contribution in [0, 0.1) is 0 Å². The van der Waals surface area contributed by atoms with Crippen molar-refractivity contribution in [1.82, 2.24) is 0 Å². The zero-order valence-electron chi connectivity index (χ0n) is 11.3. The van der Waals surface area contributed by atoms with Crippen molar-refractivity contribution in [2.75, 3.05) is 0 Å². The maximum absolute atomic E-state index is 6.43. The van der Waals surface area contributed by atoms with Gasteiger partial charge in [-0.15, -0.1) is 0 Å². The van der Waals surface area contributed by atoms with Crippen LogP contribution in [0.1, 0.15) is 27.7 Å². The molecule has 0 bridgehead atoms. The molecule has 0 aromatic rings. The van der Waals surface area contributed by atoms with Crippen LogP contribution in [0.15, 0.2) is 0 Å². The highest BCUT2D eigenvalue weighted by atomic mass is 28.4. The van der Waals surface area contributed by atoms with E-state index in [2.05, 4.69) is 53.9 Å². The summed E-state index contributed by atoms with van der Waals surface area (Å²) in [6, 6.07) is 2.51. The van der Waals surface area contributed by atoms with Gasteiger partial charge < -0.3 is 4.43 Å². The number of hydrogen-bond acceptors (Lipinski definition) is 1. The average molecular weight is 233 g/mol. The molecule has 0 aliphatic carbocycles. The summed E-state index contributed by atoms with van der Waals surface area (Å²) < 4.78 is 6.43. The van der Waals surface area contributed by atoms with Gasteiger partial charge in [-0.2, -0.15) is 0 Å². The van der Waals surface area contributed by atoms with Crippen LogP contribution in [0.3, 0.4) is 0 Å². The van der Waals surface area contributed by atoms with Crippen molar-refractivity contribution in [2.24, 2.45) is 0 Å². The minimum Gasteiger partial charge on any atom is -0.415 e. The fourth-order valence-corrected chi connectivity index (χ4v) is 5.64. The van der Waals surface area contributed by atoms with Gasteiger partial charge in [-0.05, 0) is 33.0 Å². The molecule has 0 aromatic heterocycles. The molecule has 0 aromatic carbocycles. The Labute approximate surface area is 92.4 Å². The molecular formula is C11H28OSi2. The standard InChI is InChI=1S/C11H28OSi2/c1-9-13(5,6)11(3,4)12-14(7,8)10-2/h9-10H2,1-8H3. The van der Waals surface area contributed by atoms with E-state index in [1.165, 1.54) is 12.1 Å². The fourth-order valence-electron chi connectivity index (χ4n) is 1.33. The fraction of sp³-hybridized carbons (Fsp3) is 1.00. The second-order valence-corrected chi connectivity index (χ2v) is 16.1. The topological polar surface area (TPSA) is 9.23 Å². The monoisotopic (exact) mass is 232 g/mol. The molecule has 1 nitrogen and oxygen atoms in total. The van der Waals surface area contributed by atoms with Crippen molar-refractivity contribution in [3.05, 3.63) is 0 Å². The molecule has 0 heterocycles. The molecule has 86 valence electrons. The van der Waals surface area contributed by atoms with Gasteiger partial charge >= 0.3 is 0 Å². The molecule has 0 radical (unpaired) electrons. The Bertz CT molecular complexity index is 186. The lowest BCUT2D eigenvalue weighted by atomic mass is 10.5. The number of hydrogen-bond donors (Lipinski definition) is 0. The third-order valence-electron chi connectivity index (χ3n) is 3.90. The van der Waals surface area contributed by atoms with E-state index in [-0.39, 0.29) is 5.22 Å². The molecule has 0 fully saturated rings. The molecule has 0 amide bonds. The Morgan fingerprint density at radius 1 is 0.929 bits per heavy atom. The average Bonchev–Trinajstić information content (AvgIpc) is 2.02. The van der Waals surface area contributed by atoms with Crippen molar-refractivity contribution < 1.29 is 4.43 Å². The largest absolute Gasteiger partial charge is 0.415 e. The first-order valence-electron chi connectivity index (χ1n) is 5.78. The molecule has 0 aliphatic rings. The summed E-state index contributed by atoms with van der Waals surface area (Å²) in [5.41, 5.74) is 0. The van der Waals surface area contributed by atoms with Crippen LogP contribution < -0.4 is 0 Å². The lowest BCUT2D eigenvalue weighted by Crippen LogP contribution is -2.56. The summed E-state index contributed by atoms with van der Waals surface area (Å²) in [4.78, 5) is 0. The van der Waals surface area contributed by atoms with Gasteiger partial charge in [0.25, 0.3) is 0 Å². The third-order valence-corrected chi connectivity index (χ3v) is 12.0. The highest BCUT2D eigenvalue weighted by Crippen LogP contribution is 2.31. The second-order valence-electron chi connectivity index (χ2n) is 5.96. The van der Waals surface area contributed by atoms with Crippen LogP contribution in [0.4, 0.5) is 0 Å². The van der Waals surface area contributed by atoms with Gasteiger partial charge in [0.2, 0.25) is 0 Å². The van der Waals surface area contributed by atoms with E-state index >= 15 is 0 Å². The first kappa shape index (κ1) is 14.4. The predicted octanol–water partition coefficient (Wildman–Crippen LogP) is 4.27. The Morgan fingerprint density at radius 2 is 1.36 bits per heavy atom. The molecule has 0 unspecified atom stereocenters. The van der Waals surface area contributed by atoms with Crippen LogP contribution in [0.25, 0.3) is 0 Å². The Kier molecular flexibility index (Phi) is 4.62. The van der Waals surface area contributed by atoms with Gasteiger partial charge in [-0.25, -0.2) is 0 Å². The second kappa shape index (κ2) is 4.50. The van der Waals surface area contributed by atoms with Crippen LogP contribution in [0.2, 0.25) is 38.3 Å². The Morgan fingerprint density at radius 3 is 1.64 bits per heavy atom. The number of rotatable bonds is 5. The SMILES string of the molecule is CC[Si](C)(C)OC(C)(C)[Si](C)(C)CC. The zero-order chi connectivity index (χ0) is 11.6. The lowest BCUT2D eigenvalue weighted by Gasteiger charge is -2.44. The van der Waals surface area contributed by atoms with Crippen LogP contribution in [-0.2, 0) is 4.43 Å². The first-order chi connectivity index (χ1) is 6.08. The van der Waals surface area contributed by atoms with Crippen LogP contribution in [0.5, 0.6) is 0 Å². The van der Waals surface area contributed by atoms with Crippen molar-refractivity contribution in [2.45, 2.75) is 71.2 Å². The maximum atomic E-state index is 6.43. The molecule has 14 heavy (non-hydrogen) atoms. The van der Waals surface area contributed by atoms with Gasteiger partial charge in [-0.1, -0.05) is 33.0 Å². The van der Waals surface area contributed by atoms with Crippen LogP contribution >= 0.6 is 0 Å². The first-order valence-corrected chi connectivity index (χ1v) is 12.1. The lowest BCUT2D eigenvalue weighted by molar-refractivity contribution is 0.173. The highest BCUT2D eigenvalue weighted by molar-refractivity contribution is 6.81. The molecule has 0 saturated carbocycles. The van der Waals surface area contributed by atoms with Gasteiger partial charge in [0.15, 0.2) is 8.32 Å². The van der Waals surface area contributed by atoms with E-state index in [4.69, 9.17) is 4.43 Å². The minimum atomic E-state index is -1.40. The predicted molar refractivity (Wildman–Crippen MR) is 71.1 cm³/mol. The van der Waals surface area contributed by atoms with E-state index in [0.29, 0.717) is 0 Å². The molecule has 0 rings (SSSR count). The molecule has 0 saturated heterocycles. The third kappa shape index (κ3) is 3.52. The van der Waals surface area contributed by atoms with Crippen molar-refractivity contribution >= 4 is 16.4 Å². The molecule has 0 aliphatic heterocycles. The Hall–Kier alpha value is 0.394. The van der Waals surface area contributed by atoms with Gasteiger partial charge in [0.1, 0.15) is 0 Å². The van der Waals surface area contributed by atoms with Crippen molar-refractivity contribution in [3.8, 4) is 0 Å². The van der Waals surface area contributed by atoms with Gasteiger partial charge in [0.05, 0.1) is 8.07 Å². The summed E-state index contributed by atoms with van der Waals surface area (Å²) in [5, 5.41) is 0.132. The molecule has 3 heteroatoms. The summed E-state index contributed by atoms with van der Waals surface area (Å²) in [6.07, 6.45) is 0. The van der Waals surface area contributed by atoms with E-state index in [1.807, 2.05) is 0 Å². The molecular weight excluding hydrogens is 204 g/mol. The quantitative estimate of drug-likeness (QED) is 0.643. The van der Waals surface area contributed by atoms with E-state index in [0.717, 1.165) is 0 Å². The van der Waals surface area contributed by atoms with E-state index in [9.17, 15) is 0 Å². The molecule has 0 spiro atoms.